The second-order valence-corrected chi connectivity index (χ2v) is 4.94. The molecule has 0 unspecified atom stereocenters. The van der Waals surface area contributed by atoms with E-state index in [1.807, 2.05) is 13.8 Å². The first-order chi connectivity index (χ1) is 9.52. The van der Waals surface area contributed by atoms with Gasteiger partial charge in [-0.3, -0.25) is 14.6 Å². The minimum Gasteiger partial charge on any atom is -0.356 e. The van der Waals surface area contributed by atoms with E-state index < -0.39 is 0 Å². The number of carbonyl (C=O) groups excluding carboxylic acids is 2. The van der Waals surface area contributed by atoms with E-state index in [4.69, 9.17) is 5.73 Å². The summed E-state index contributed by atoms with van der Waals surface area (Å²) in [6, 6.07) is 3.27. The van der Waals surface area contributed by atoms with Gasteiger partial charge in [-0.25, -0.2) is 0 Å². The maximum Gasteiger partial charge on any atom is 0.251 e. The van der Waals surface area contributed by atoms with E-state index in [0.717, 1.165) is 0 Å². The molecule has 0 saturated heterocycles. The first kappa shape index (κ1) is 16.1. The zero-order valence-electron chi connectivity index (χ0n) is 12.0. The number of rotatable bonds is 7. The monoisotopic (exact) mass is 278 g/mol. The third-order valence-electron chi connectivity index (χ3n) is 2.63. The molecule has 0 fully saturated rings. The minimum atomic E-state index is -0.223. The maximum absolute atomic E-state index is 11.8. The second kappa shape index (κ2) is 8.27. The highest BCUT2D eigenvalue weighted by atomic mass is 16.2. The number of amides is 2. The summed E-state index contributed by atoms with van der Waals surface area (Å²) < 4.78 is 0. The van der Waals surface area contributed by atoms with Gasteiger partial charge in [0.2, 0.25) is 5.91 Å². The lowest BCUT2D eigenvalue weighted by molar-refractivity contribution is -0.121. The molecule has 2 amide bonds. The molecule has 6 heteroatoms. The smallest absolute Gasteiger partial charge is 0.251 e. The predicted molar refractivity (Wildman–Crippen MR) is 76.9 cm³/mol. The van der Waals surface area contributed by atoms with Crippen molar-refractivity contribution >= 4 is 11.8 Å². The lowest BCUT2D eigenvalue weighted by Crippen LogP contribution is -2.32. The van der Waals surface area contributed by atoms with Crippen molar-refractivity contribution in [3.63, 3.8) is 0 Å². The van der Waals surface area contributed by atoms with Crippen molar-refractivity contribution in [3.8, 4) is 0 Å². The van der Waals surface area contributed by atoms with E-state index >= 15 is 0 Å². The fourth-order valence-corrected chi connectivity index (χ4v) is 1.53. The number of nitrogens with zero attached hydrogens (tertiary/aromatic N) is 1. The number of hydrogen-bond donors (Lipinski definition) is 3. The lowest BCUT2D eigenvalue weighted by Gasteiger charge is -2.08. The third-order valence-corrected chi connectivity index (χ3v) is 2.63. The van der Waals surface area contributed by atoms with Crippen LogP contribution in [0.5, 0.6) is 0 Å². The van der Waals surface area contributed by atoms with Crippen molar-refractivity contribution in [2.24, 2.45) is 11.7 Å². The molecule has 110 valence electrons. The Morgan fingerprint density at radius 3 is 2.75 bits per heavy atom. The molecule has 0 aliphatic carbocycles. The normalized spacial score (nSPS) is 10.4. The summed E-state index contributed by atoms with van der Waals surface area (Å²) in [7, 11) is 0. The molecular weight excluding hydrogens is 256 g/mol. The van der Waals surface area contributed by atoms with E-state index in [-0.39, 0.29) is 18.2 Å². The van der Waals surface area contributed by atoms with Crippen LogP contribution in [-0.2, 0) is 11.3 Å². The van der Waals surface area contributed by atoms with Crippen LogP contribution in [0.1, 0.15) is 36.3 Å². The third kappa shape index (κ3) is 5.79. The Balaban J connectivity index is 2.34. The predicted octanol–water partition coefficient (Wildman–Crippen LogP) is 0.432. The Bertz CT molecular complexity index is 460. The van der Waals surface area contributed by atoms with Gasteiger partial charge in [-0.05, 0) is 18.1 Å². The van der Waals surface area contributed by atoms with Gasteiger partial charge in [0.05, 0.1) is 5.69 Å². The van der Waals surface area contributed by atoms with Crippen LogP contribution in [0.25, 0.3) is 0 Å². The summed E-state index contributed by atoms with van der Waals surface area (Å²) in [4.78, 5) is 27.3. The van der Waals surface area contributed by atoms with Crippen LogP contribution in [0.4, 0.5) is 0 Å². The summed E-state index contributed by atoms with van der Waals surface area (Å²) >= 11 is 0. The highest BCUT2D eigenvalue weighted by molar-refractivity contribution is 5.94. The summed E-state index contributed by atoms with van der Waals surface area (Å²) in [6.45, 7) is 5.31. The van der Waals surface area contributed by atoms with Gasteiger partial charge in [-0.2, -0.15) is 0 Å². The second-order valence-electron chi connectivity index (χ2n) is 4.94. The molecule has 0 bridgehead atoms. The quantitative estimate of drug-likeness (QED) is 0.674. The molecule has 0 radical (unpaired) electrons. The molecule has 0 aromatic carbocycles. The Kier molecular flexibility index (Phi) is 6.66. The molecule has 1 heterocycles. The Labute approximate surface area is 119 Å². The lowest BCUT2D eigenvalue weighted by atomic mass is 10.2. The highest BCUT2D eigenvalue weighted by Gasteiger charge is 2.07. The number of carbonyl (C=O) groups is 2. The fraction of sp³-hybridized carbons (Fsp3) is 0.500. The van der Waals surface area contributed by atoms with Gasteiger partial charge < -0.3 is 16.4 Å². The molecule has 0 saturated carbocycles. The van der Waals surface area contributed by atoms with Crippen LogP contribution in [0.3, 0.4) is 0 Å². The van der Waals surface area contributed by atoms with Gasteiger partial charge in [-0.15, -0.1) is 0 Å². The fourth-order valence-electron chi connectivity index (χ4n) is 1.53. The number of aromatic nitrogens is 1. The van der Waals surface area contributed by atoms with Crippen molar-refractivity contribution in [3.05, 3.63) is 29.6 Å². The molecule has 1 aromatic rings. The van der Waals surface area contributed by atoms with Crippen LogP contribution in [0.15, 0.2) is 18.3 Å². The summed E-state index contributed by atoms with van der Waals surface area (Å²) in [5.74, 6) is 0.134. The number of hydrogen-bond acceptors (Lipinski definition) is 4. The van der Waals surface area contributed by atoms with Gasteiger partial charge in [0.15, 0.2) is 0 Å². The summed E-state index contributed by atoms with van der Waals surface area (Å²) in [6.07, 6.45) is 1.82. The Morgan fingerprint density at radius 2 is 2.10 bits per heavy atom. The van der Waals surface area contributed by atoms with Gasteiger partial charge in [0, 0.05) is 37.8 Å². The molecule has 1 aromatic heterocycles. The molecule has 1 rings (SSSR count). The zero-order chi connectivity index (χ0) is 15.0. The first-order valence-electron chi connectivity index (χ1n) is 6.72. The molecule has 0 aliphatic rings. The highest BCUT2D eigenvalue weighted by Crippen LogP contribution is 2.01. The largest absolute Gasteiger partial charge is 0.356 e. The molecule has 0 aliphatic heterocycles. The summed E-state index contributed by atoms with van der Waals surface area (Å²) in [5, 5.41) is 5.50. The Morgan fingerprint density at radius 1 is 1.35 bits per heavy atom. The summed E-state index contributed by atoms with van der Waals surface area (Å²) in [5.41, 5.74) is 6.63. The molecule has 0 spiro atoms. The van der Waals surface area contributed by atoms with E-state index in [9.17, 15) is 9.59 Å². The van der Waals surface area contributed by atoms with Crippen LogP contribution >= 0.6 is 0 Å². The minimum absolute atomic E-state index is 0.0589. The van der Waals surface area contributed by atoms with Crippen molar-refractivity contribution < 1.29 is 9.59 Å². The molecule has 0 atom stereocenters. The first-order valence-corrected chi connectivity index (χ1v) is 6.72. The van der Waals surface area contributed by atoms with Crippen molar-refractivity contribution in [1.82, 2.24) is 15.6 Å². The van der Waals surface area contributed by atoms with Crippen molar-refractivity contribution in [2.45, 2.75) is 26.8 Å². The van der Waals surface area contributed by atoms with Crippen LogP contribution < -0.4 is 16.4 Å². The van der Waals surface area contributed by atoms with Crippen LogP contribution in [0, 0.1) is 5.92 Å². The number of nitrogens with two attached hydrogens (primary N) is 1. The van der Waals surface area contributed by atoms with E-state index in [2.05, 4.69) is 15.6 Å². The van der Waals surface area contributed by atoms with Gasteiger partial charge in [-0.1, -0.05) is 13.8 Å². The standard InChI is InChI=1S/C14H22N4O2/c1-10(2)9-18-13(19)4-6-17-14(20)11-3-5-16-12(7-11)8-15/h3,5,7,10H,4,6,8-9,15H2,1-2H3,(H,17,20)(H,18,19). The van der Waals surface area contributed by atoms with Crippen molar-refractivity contribution in [2.75, 3.05) is 13.1 Å². The van der Waals surface area contributed by atoms with Gasteiger partial charge >= 0.3 is 0 Å². The van der Waals surface area contributed by atoms with Gasteiger partial charge in [0.25, 0.3) is 5.91 Å². The topological polar surface area (TPSA) is 97.1 Å². The number of pyridine rings is 1. The average Bonchev–Trinajstić information content (AvgIpc) is 2.45. The number of nitrogens with one attached hydrogen (secondary N) is 2. The Hall–Kier alpha value is -1.95. The SMILES string of the molecule is CC(C)CNC(=O)CCNC(=O)c1ccnc(CN)c1. The molecule has 4 N–H and O–H groups in total. The van der Waals surface area contributed by atoms with E-state index in [1.54, 1.807) is 18.3 Å². The maximum atomic E-state index is 11.8. The van der Waals surface area contributed by atoms with E-state index in [1.165, 1.54) is 0 Å². The van der Waals surface area contributed by atoms with Crippen LogP contribution in [-0.4, -0.2) is 29.9 Å². The van der Waals surface area contributed by atoms with Crippen LogP contribution in [0.2, 0.25) is 0 Å². The van der Waals surface area contributed by atoms with Gasteiger partial charge in [0.1, 0.15) is 0 Å². The molecular formula is C14H22N4O2. The molecule has 6 nitrogen and oxygen atoms in total. The average molecular weight is 278 g/mol. The van der Waals surface area contributed by atoms with Crippen molar-refractivity contribution in [1.29, 1.82) is 0 Å². The van der Waals surface area contributed by atoms with E-state index in [0.29, 0.717) is 36.8 Å². The molecule has 20 heavy (non-hydrogen) atoms. The zero-order valence-corrected chi connectivity index (χ0v) is 12.0.